The van der Waals surface area contributed by atoms with E-state index < -0.39 is 9.58 Å². The maximum atomic E-state index is 11.8. The summed E-state index contributed by atoms with van der Waals surface area (Å²) in [6, 6.07) is 7.46. The summed E-state index contributed by atoms with van der Waals surface area (Å²) in [6.45, 7) is 1.27. The topological polar surface area (TPSA) is 61.1 Å². The number of benzene rings is 1. The number of Topliss-reactive ketones (excluding diaryl/α,β-unsaturated/α-hetero) is 1. The van der Waals surface area contributed by atoms with Gasteiger partial charge in [-0.05, 0) is 6.92 Å². The molecule has 0 atom stereocenters. The maximum Gasteiger partial charge on any atom is 0.216 e. The molecule has 0 saturated heterocycles. The van der Waals surface area contributed by atoms with Crippen molar-refractivity contribution in [1.29, 1.82) is 5.26 Å². The number of rotatable bonds is 2. The zero-order valence-electron chi connectivity index (χ0n) is 9.25. The second-order valence-corrected chi connectivity index (χ2v) is 5.76. The van der Waals surface area contributed by atoms with Gasteiger partial charge in [0.15, 0.2) is 0 Å². The number of aliphatic hydroxyl groups is 1. The van der Waals surface area contributed by atoms with Gasteiger partial charge in [0.05, 0.1) is 0 Å². The molecule has 0 amide bonds. The molecule has 6 heteroatoms. The third-order valence-electron chi connectivity index (χ3n) is 2.18. The van der Waals surface area contributed by atoms with Gasteiger partial charge in [-0.15, -0.1) is 0 Å². The number of nitriles is 1. The van der Waals surface area contributed by atoms with Gasteiger partial charge in [-0.2, -0.15) is 5.26 Å². The molecule has 1 rings (SSSR count). The largest absolute Gasteiger partial charge is 0.511 e. The Morgan fingerprint density at radius 3 is 2.11 bits per heavy atom. The van der Waals surface area contributed by atoms with Crippen LogP contribution in [0.25, 0.3) is 0 Å². The van der Waals surface area contributed by atoms with E-state index in [-0.39, 0.29) is 16.9 Å². The Morgan fingerprint density at radius 2 is 1.78 bits per heavy atom. The monoisotopic (exact) mass is 303 g/mol. The van der Waals surface area contributed by atoms with E-state index in [4.69, 9.17) is 40.1 Å². The lowest BCUT2D eigenvalue weighted by Gasteiger charge is -2.11. The predicted molar refractivity (Wildman–Crippen MR) is 71.0 cm³/mol. The number of carbonyl (C=O) groups excluding carboxylic acids is 1. The van der Waals surface area contributed by atoms with Crippen molar-refractivity contribution in [2.24, 2.45) is 0 Å². The van der Waals surface area contributed by atoms with Crippen molar-refractivity contribution in [3.8, 4) is 6.07 Å². The first-order chi connectivity index (χ1) is 8.27. The second-order valence-electron chi connectivity index (χ2n) is 3.48. The van der Waals surface area contributed by atoms with E-state index >= 15 is 0 Å². The van der Waals surface area contributed by atoms with E-state index in [1.165, 1.54) is 31.2 Å². The standard InChI is InChI=1S/C12H8Cl3NO2/c1-7(17)10(6-16)11(18)8-2-4-9(5-3-8)12(13,14)15/h2-5,17H,1H3. The molecule has 1 aromatic carbocycles. The summed E-state index contributed by atoms with van der Waals surface area (Å²) in [4.78, 5) is 11.8. The number of hydrogen-bond acceptors (Lipinski definition) is 3. The Hall–Kier alpha value is -1.21. The smallest absolute Gasteiger partial charge is 0.216 e. The summed E-state index contributed by atoms with van der Waals surface area (Å²) in [5.41, 5.74) is 0.335. The van der Waals surface area contributed by atoms with Crippen LogP contribution in [-0.2, 0) is 3.79 Å². The zero-order chi connectivity index (χ0) is 13.9. The first kappa shape index (κ1) is 14.8. The minimum absolute atomic E-state index is 0.234. The van der Waals surface area contributed by atoms with Gasteiger partial charge in [0.2, 0.25) is 9.58 Å². The Balaban J connectivity index is 3.12. The van der Waals surface area contributed by atoms with Gasteiger partial charge in [-0.25, -0.2) is 0 Å². The summed E-state index contributed by atoms with van der Waals surface area (Å²) in [7, 11) is 0. The quantitative estimate of drug-likeness (QED) is 0.295. The van der Waals surface area contributed by atoms with Crippen LogP contribution >= 0.6 is 34.8 Å². The van der Waals surface area contributed by atoms with E-state index in [0.29, 0.717) is 5.56 Å². The minimum atomic E-state index is -1.57. The van der Waals surface area contributed by atoms with Gasteiger partial charge in [-0.3, -0.25) is 4.79 Å². The molecular weight excluding hydrogens is 296 g/mol. The van der Waals surface area contributed by atoms with Crippen molar-refractivity contribution < 1.29 is 9.90 Å². The van der Waals surface area contributed by atoms with Gasteiger partial charge < -0.3 is 5.11 Å². The molecule has 3 nitrogen and oxygen atoms in total. The van der Waals surface area contributed by atoms with Crippen molar-refractivity contribution in [2.75, 3.05) is 0 Å². The lowest BCUT2D eigenvalue weighted by Crippen LogP contribution is -2.06. The van der Waals surface area contributed by atoms with E-state index in [1.54, 1.807) is 6.07 Å². The normalized spacial score (nSPS) is 12.6. The molecule has 94 valence electrons. The third kappa shape index (κ3) is 3.39. The van der Waals surface area contributed by atoms with Gasteiger partial charge in [0.25, 0.3) is 0 Å². The number of hydrogen-bond donors (Lipinski definition) is 1. The number of ketones is 1. The summed E-state index contributed by atoms with van der Waals surface area (Å²) in [5, 5.41) is 18.0. The molecular formula is C12H8Cl3NO2. The van der Waals surface area contributed by atoms with Crippen LogP contribution in [0, 0.1) is 11.3 Å². The average Bonchev–Trinajstić information content (AvgIpc) is 2.28. The van der Waals surface area contributed by atoms with Crippen LogP contribution in [0.5, 0.6) is 0 Å². The fourth-order valence-electron chi connectivity index (χ4n) is 1.25. The number of allylic oxidation sites excluding steroid dienone is 2. The highest BCUT2D eigenvalue weighted by molar-refractivity contribution is 6.66. The number of alkyl halides is 3. The van der Waals surface area contributed by atoms with Crippen LogP contribution in [0.2, 0.25) is 0 Å². The van der Waals surface area contributed by atoms with Crippen molar-refractivity contribution in [3.63, 3.8) is 0 Å². The Kier molecular flexibility index (Phi) is 4.64. The molecule has 0 radical (unpaired) electrons. The van der Waals surface area contributed by atoms with E-state index in [0.717, 1.165) is 0 Å². The lowest BCUT2D eigenvalue weighted by molar-refractivity contribution is 0.103. The van der Waals surface area contributed by atoms with Crippen LogP contribution in [-0.4, -0.2) is 10.9 Å². The highest BCUT2D eigenvalue weighted by Crippen LogP contribution is 2.38. The Labute approximate surface area is 119 Å². The molecule has 1 aromatic rings. The molecule has 0 unspecified atom stereocenters. The molecule has 1 N–H and O–H groups in total. The van der Waals surface area contributed by atoms with Gasteiger partial charge >= 0.3 is 0 Å². The predicted octanol–water partition coefficient (Wildman–Crippen LogP) is 4.05. The first-order valence-electron chi connectivity index (χ1n) is 4.79. The highest BCUT2D eigenvalue weighted by atomic mass is 35.6. The van der Waals surface area contributed by atoms with E-state index in [2.05, 4.69) is 0 Å². The number of nitrogens with zero attached hydrogens (tertiary/aromatic N) is 1. The Bertz CT molecular complexity index is 532. The van der Waals surface area contributed by atoms with E-state index in [1.807, 2.05) is 0 Å². The maximum absolute atomic E-state index is 11.8. The summed E-state index contributed by atoms with van der Waals surface area (Å²) in [6.07, 6.45) is 0. The molecule has 0 fully saturated rings. The molecule has 0 aliphatic heterocycles. The van der Waals surface area contributed by atoms with Crippen molar-refractivity contribution >= 4 is 40.6 Å². The fourth-order valence-corrected chi connectivity index (χ4v) is 1.63. The molecule has 0 spiro atoms. The third-order valence-corrected chi connectivity index (χ3v) is 2.83. The zero-order valence-corrected chi connectivity index (χ0v) is 11.5. The summed E-state index contributed by atoms with van der Waals surface area (Å²) < 4.78 is -1.57. The molecule has 0 saturated carbocycles. The highest BCUT2D eigenvalue weighted by Gasteiger charge is 2.23. The van der Waals surface area contributed by atoms with Crippen LogP contribution in [0.15, 0.2) is 35.6 Å². The van der Waals surface area contributed by atoms with E-state index in [9.17, 15) is 9.90 Å². The van der Waals surface area contributed by atoms with Gasteiger partial charge in [0, 0.05) is 11.1 Å². The lowest BCUT2D eigenvalue weighted by atomic mass is 10.0. The molecule has 0 aromatic heterocycles. The SMILES string of the molecule is CC(O)=C(C#N)C(=O)c1ccc(C(Cl)(Cl)Cl)cc1. The summed E-state index contributed by atoms with van der Waals surface area (Å²) >= 11 is 17.0. The van der Waals surface area contributed by atoms with Crippen molar-refractivity contribution in [2.45, 2.75) is 10.7 Å². The van der Waals surface area contributed by atoms with Gasteiger partial charge in [-0.1, -0.05) is 59.1 Å². The first-order valence-corrected chi connectivity index (χ1v) is 5.92. The molecule has 0 heterocycles. The molecule has 18 heavy (non-hydrogen) atoms. The van der Waals surface area contributed by atoms with Gasteiger partial charge in [0.1, 0.15) is 17.4 Å². The molecule has 0 aliphatic carbocycles. The summed E-state index contributed by atoms with van der Waals surface area (Å²) in [5.74, 6) is -0.902. The minimum Gasteiger partial charge on any atom is -0.511 e. The molecule has 0 bridgehead atoms. The number of carbonyl (C=O) groups is 1. The van der Waals surface area contributed by atoms with Crippen LogP contribution in [0.1, 0.15) is 22.8 Å². The van der Waals surface area contributed by atoms with Crippen LogP contribution in [0.3, 0.4) is 0 Å². The molecule has 0 aliphatic rings. The number of aliphatic hydroxyl groups excluding tert-OH is 1. The average molecular weight is 305 g/mol. The van der Waals surface area contributed by atoms with Crippen LogP contribution < -0.4 is 0 Å². The van der Waals surface area contributed by atoms with Crippen molar-refractivity contribution in [3.05, 3.63) is 46.7 Å². The second kappa shape index (κ2) is 5.62. The fraction of sp³-hybridized carbons (Fsp3) is 0.167. The van der Waals surface area contributed by atoms with Crippen molar-refractivity contribution in [1.82, 2.24) is 0 Å². The van der Waals surface area contributed by atoms with Crippen LogP contribution in [0.4, 0.5) is 0 Å². The Morgan fingerprint density at radius 1 is 1.28 bits per heavy atom. The number of halogens is 3.